The van der Waals surface area contributed by atoms with Crippen LogP contribution in [0.25, 0.3) is 0 Å². The van der Waals surface area contributed by atoms with Crippen LogP contribution in [0.4, 0.5) is 4.79 Å². The second-order valence-electron chi connectivity index (χ2n) is 6.55. The molecule has 2 rings (SSSR count). The molecule has 2 amide bonds. The van der Waals surface area contributed by atoms with E-state index in [-0.39, 0.29) is 6.03 Å². The van der Waals surface area contributed by atoms with Crippen molar-refractivity contribution in [2.75, 3.05) is 19.6 Å². The molecule has 2 unspecified atom stereocenters. The van der Waals surface area contributed by atoms with Crippen LogP contribution in [-0.2, 0) is 4.79 Å². The number of carboxylic acids is 1. The van der Waals surface area contributed by atoms with Gasteiger partial charge in [-0.3, -0.25) is 4.79 Å². The Kier molecular flexibility index (Phi) is 4.25. The Labute approximate surface area is 120 Å². The maximum Gasteiger partial charge on any atom is 0.320 e. The predicted molar refractivity (Wildman–Crippen MR) is 76.5 cm³/mol. The second-order valence-corrected chi connectivity index (χ2v) is 6.55. The topological polar surface area (TPSA) is 60.9 Å². The van der Waals surface area contributed by atoms with Crippen molar-refractivity contribution in [1.29, 1.82) is 0 Å². The molecule has 5 heteroatoms. The Balaban J connectivity index is 1.97. The van der Waals surface area contributed by atoms with E-state index in [0.717, 1.165) is 13.0 Å². The number of amides is 2. The Hall–Kier alpha value is -1.26. The zero-order valence-electron chi connectivity index (χ0n) is 12.8. The van der Waals surface area contributed by atoms with Crippen LogP contribution in [0.2, 0.25) is 0 Å². The number of carbonyl (C=O) groups is 2. The molecule has 0 aromatic heterocycles. The third-order valence-electron chi connectivity index (χ3n) is 5.15. The molecule has 0 aromatic carbocycles. The molecule has 0 aromatic rings. The second kappa shape index (κ2) is 5.62. The van der Waals surface area contributed by atoms with Gasteiger partial charge in [0.2, 0.25) is 0 Å². The van der Waals surface area contributed by atoms with Crippen molar-refractivity contribution in [3.63, 3.8) is 0 Å². The van der Waals surface area contributed by atoms with E-state index in [2.05, 4.69) is 13.8 Å². The molecule has 0 bridgehead atoms. The van der Waals surface area contributed by atoms with Gasteiger partial charge >= 0.3 is 12.0 Å². The highest BCUT2D eigenvalue weighted by atomic mass is 16.4. The molecule has 0 aliphatic carbocycles. The SMILES string of the molecule is CCC1(C(=O)O)CCN(C(=O)N2CC(C)CC2C)CC1. The van der Waals surface area contributed by atoms with Crippen molar-refractivity contribution in [2.24, 2.45) is 11.3 Å². The number of likely N-dealkylation sites (tertiary alicyclic amines) is 2. The smallest absolute Gasteiger partial charge is 0.320 e. The summed E-state index contributed by atoms with van der Waals surface area (Å²) >= 11 is 0. The number of carboxylic acid groups (broad SMARTS) is 1. The fraction of sp³-hybridized carbons (Fsp3) is 0.867. The van der Waals surface area contributed by atoms with E-state index >= 15 is 0 Å². The standard InChI is InChI=1S/C15H26N2O3/c1-4-15(13(18)19)5-7-16(8-6-15)14(20)17-10-11(2)9-12(17)3/h11-12H,4-10H2,1-3H3,(H,18,19). The molecule has 2 aliphatic heterocycles. The molecule has 2 saturated heterocycles. The number of carbonyl (C=O) groups excluding carboxylic acids is 1. The average Bonchev–Trinajstić information content (AvgIpc) is 2.76. The van der Waals surface area contributed by atoms with Gasteiger partial charge in [-0.25, -0.2) is 4.79 Å². The lowest BCUT2D eigenvalue weighted by Crippen LogP contribution is -2.51. The van der Waals surface area contributed by atoms with E-state index in [9.17, 15) is 14.7 Å². The van der Waals surface area contributed by atoms with E-state index in [1.54, 1.807) is 0 Å². The summed E-state index contributed by atoms with van der Waals surface area (Å²) in [7, 11) is 0. The van der Waals surface area contributed by atoms with Crippen LogP contribution in [0.5, 0.6) is 0 Å². The van der Waals surface area contributed by atoms with Gasteiger partial charge in [0, 0.05) is 25.7 Å². The van der Waals surface area contributed by atoms with Crippen molar-refractivity contribution in [3.8, 4) is 0 Å². The zero-order chi connectivity index (χ0) is 14.9. The fourth-order valence-corrected chi connectivity index (χ4v) is 3.59. The molecule has 2 aliphatic rings. The molecule has 1 N–H and O–H groups in total. The highest BCUT2D eigenvalue weighted by Crippen LogP contribution is 2.36. The number of aliphatic carboxylic acids is 1. The van der Waals surface area contributed by atoms with Gasteiger partial charge < -0.3 is 14.9 Å². The van der Waals surface area contributed by atoms with Crippen LogP contribution >= 0.6 is 0 Å². The molecule has 0 spiro atoms. The molecule has 0 saturated carbocycles. The predicted octanol–water partition coefficient (Wildman–Crippen LogP) is 2.41. The summed E-state index contributed by atoms with van der Waals surface area (Å²) in [6.07, 6.45) is 2.85. The summed E-state index contributed by atoms with van der Waals surface area (Å²) in [5.41, 5.74) is -0.624. The molecule has 0 radical (unpaired) electrons. The van der Waals surface area contributed by atoms with Crippen LogP contribution in [0.15, 0.2) is 0 Å². The number of hydrogen-bond donors (Lipinski definition) is 1. The summed E-state index contributed by atoms with van der Waals surface area (Å²) in [5.74, 6) is -0.150. The molecular weight excluding hydrogens is 256 g/mol. The van der Waals surface area contributed by atoms with Crippen LogP contribution in [0.1, 0.15) is 46.5 Å². The monoisotopic (exact) mass is 282 g/mol. The minimum atomic E-state index is -0.713. The summed E-state index contributed by atoms with van der Waals surface area (Å²) in [6.45, 7) is 8.16. The van der Waals surface area contributed by atoms with Gasteiger partial charge in [-0.15, -0.1) is 0 Å². The summed E-state index contributed by atoms with van der Waals surface area (Å²) in [4.78, 5) is 27.7. The highest BCUT2D eigenvalue weighted by Gasteiger charge is 2.42. The minimum Gasteiger partial charge on any atom is -0.481 e. The van der Waals surface area contributed by atoms with E-state index in [0.29, 0.717) is 44.3 Å². The van der Waals surface area contributed by atoms with Crippen LogP contribution < -0.4 is 0 Å². The average molecular weight is 282 g/mol. The van der Waals surface area contributed by atoms with Crippen molar-refractivity contribution < 1.29 is 14.7 Å². The van der Waals surface area contributed by atoms with Gasteiger partial charge in [0.1, 0.15) is 0 Å². The molecule has 2 atom stereocenters. The molecule has 114 valence electrons. The van der Waals surface area contributed by atoms with Gasteiger partial charge in [-0.1, -0.05) is 13.8 Å². The summed E-state index contributed by atoms with van der Waals surface area (Å²) < 4.78 is 0. The Morgan fingerprint density at radius 3 is 2.25 bits per heavy atom. The maximum absolute atomic E-state index is 12.5. The molecular formula is C15H26N2O3. The quantitative estimate of drug-likeness (QED) is 0.846. The third-order valence-corrected chi connectivity index (χ3v) is 5.15. The first kappa shape index (κ1) is 15.1. The molecule has 20 heavy (non-hydrogen) atoms. The lowest BCUT2D eigenvalue weighted by molar-refractivity contribution is -0.152. The maximum atomic E-state index is 12.5. The fourth-order valence-electron chi connectivity index (χ4n) is 3.59. The first-order valence-electron chi connectivity index (χ1n) is 7.68. The number of piperidine rings is 1. The minimum absolute atomic E-state index is 0.0944. The van der Waals surface area contributed by atoms with Crippen LogP contribution in [-0.4, -0.2) is 52.6 Å². The molecule has 2 heterocycles. The molecule has 5 nitrogen and oxygen atoms in total. The van der Waals surface area contributed by atoms with Gasteiger partial charge in [0.05, 0.1) is 5.41 Å². The normalized spacial score (nSPS) is 29.6. The number of urea groups is 1. The van der Waals surface area contributed by atoms with Gasteiger partial charge in [-0.05, 0) is 38.5 Å². The largest absolute Gasteiger partial charge is 0.481 e. The van der Waals surface area contributed by atoms with Gasteiger partial charge in [0.15, 0.2) is 0 Å². The van der Waals surface area contributed by atoms with E-state index in [4.69, 9.17) is 0 Å². The number of rotatable bonds is 2. The Morgan fingerprint density at radius 1 is 1.25 bits per heavy atom. The summed E-state index contributed by atoms with van der Waals surface area (Å²) in [5, 5.41) is 9.39. The van der Waals surface area contributed by atoms with E-state index < -0.39 is 11.4 Å². The van der Waals surface area contributed by atoms with Crippen molar-refractivity contribution in [2.45, 2.75) is 52.5 Å². The van der Waals surface area contributed by atoms with Crippen molar-refractivity contribution in [3.05, 3.63) is 0 Å². The summed E-state index contributed by atoms with van der Waals surface area (Å²) in [6, 6.07) is 0.395. The lowest BCUT2D eigenvalue weighted by Gasteiger charge is -2.40. The third kappa shape index (κ3) is 2.63. The zero-order valence-corrected chi connectivity index (χ0v) is 12.8. The van der Waals surface area contributed by atoms with Crippen molar-refractivity contribution in [1.82, 2.24) is 9.80 Å². The Morgan fingerprint density at radius 2 is 1.85 bits per heavy atom. The van der Waals surface area contributed by atoms with Crippen LogP contribution in [0.3, 0.4) is 0 Å². The van der Waals surface area contributed by atoms with E-state index in [1.165, 1.54) is 0 Å². The van der Waals surface area contributed by atoms with Crippen LogP contribution in [0, 0.1) is 11.3 Å². The Bertz CT molecular complexity index is 389. The van der Waals surface area contributed by atoms with E-state index in [1.807, 2.05) is 16.7 Å². The first-order chi connectivity index (χ1) is 9.39. The molecule has 2 fully saturated rings. The van der Waals surface area contributed by atoms with Crippen molar-refractivity contribution >= 4 is 12.0 Å². The van der Waals surface area contributed by atoms with Gasteiger partial charge in [-0.2, -0.15) is 0 Å². The number of nitrogens with zero attached hydrogens (tertiary/aromatic N) is 2. The van der Waals surface area contributed by atoms with Gasteiger partial charge in [0.25, 0.3) is 0 Å². The first-order valence-corrected chi connectivity index (χ1v) is 7.68. The highest BCUT2D eigenvalue weighted by molar-refractivity contribution is 5.77. The number of hydrogen-bond acceptors (Lipinski definition) is 2. The lowest BCUT2D eigenvalue weighted by atomic mass is 9.76.